The van der Waals surface area contributed by atoms with Crippen molar-refractivity contribution in [3.63, 3.8) is 0 Å². The molecule has 3 heterocycles. The molecule has 0 spiro atoms. The van der Waals surface area contributed by atoms with Crippen LogP contribution in [0.5, 0.6) is 0 Å². The zero-order valence-corrected chi connectivity index (χ0v) is 14.4. The topological polar surface area (TPSA) is 89.8 Å². The number of fused-ring (bicyclic) bond motifs is 5. The Balaban J connectivity index is 1.85. The monoisotopic (exact) mass is 392 g/mol. The maximum atomic E-state index is 13.0. The van der Waals surface area contributed by atoms with E-state index in [0.717, 1.165) is 4.90 Å². The van der Waals surface area contributed by atoms with Crippen molar-refractivity contribution in [2.75, 3.05) is 4.90 Å². The Hall–Kier alpha value is -2.06. The average Bonchev–Trinajstić information content (AvgIpc) is 3.04. The number of nitrogens with zero attached hydrogens (tertiary/aromatic N) is 2. The molecule has 2 amide bonds. The summed E-state index contributed by atoms with van der Waals surface area (Å²) < 4.78 is 6.42. The maximum Gasteiger partial charge on any atom is 0.294 e. The molecule has 7 nitrogen and oxygen atoms in total. The van der Waals surface area contributed by atoms with E-state index in [1.807, 2.05) is 0 Å². The first-order chi connectivity index (χ1) is 11.2. The van der Waals surface area contributed by atoms with Crippen LogP contribution in [0, 0.1) is 22.0 Å². The van der Waals surface area contributed by atoms with Crippen LogP contribution in [-0.2, 0) is 14.3 Å². The Morgan fingerprint density at radius 3 is 2.21 bits per heavy atom. The second-order valence-corrected chi connectivity index (χ2v) is 7.58. The minimum absolute atomic E-state index is 0.000741. The third-order valence-electron chi connectivity index (χ3n) is 5.10. The molecule has 3 aliphatic heterocycles. The van der Waals surface area contributed by atoms with Crippen LogP contribution in [0.25, 0.3) is 0 Å². The highest BCUT2D eigenvalue weighted by atomic mass is 79.9. The number of hydrogen-bond acceptors (Lipinski definition) is 5. The Morgan fingerprint density at radius 2 is 1.71 bits per heavy atom. The minimum atomic E-state index is -0.856. The van der Waals surface area contributed by atoms with Crippen molar-refractivity contribution >= 4 is 39.1 Å². The number of imide groups is 1. The van der Waals surface area contributed by atoms with Gasteiger partial charge in [-0.3, -0.25) is 19.7 Å². The number of hydrogen-bond donors (Lipinski definition) is 0. The SMILES string of the molecule is C[C@]12C=C[C@@](C)(O1)[C@H]1C(=O)N(c3ccc(Br)cc3[N+](=O)[O-])C(=O)[C@H]12. The average molecular weight is 393 g/mol. The fourth-order valence-electron chi connectivity index (χ4n) is 4.10. The van der Waals surface area contributed by atoms with Crippen LogP contribution in [-0.4, -0.2) is 27.9 Å². The summed E-state index contributed by atoms with van der Waals surface area (Å²) in [6, 6.07) is 4.28. The molecule has 0 saturated carbocycles. The fourth-order valence-corrected chi connectivity index (χ4v) is 4.45. The van der Waals surface area contributed by atoms with Crippen LogP contribution in [0.15, 0.2) is 34.8 Å². The molecule has 2 saturated heterocycles. The molecule has 4 rings (SSSR count). The molecular weight excluding hydrogens is 380 g/mol. The van der Waals surface area contributed by atoms with Crippen molar-refractivity contribution in [3.8, 4) is 0 Å². The molecule has 3 aliphatic rings. The van der Waals surface area contributed by atoms with Crippen molar-refractivity contribution in [3.05, 3.63) is 44.9 Å². The molecule has 0 radical (unpaired) electrons. The highest BCUT2D eigenvalue weighted by Crippen LogP contribution is 2.57. The van der Waals surface area contributed by atoms with Gasteiger partial charge in [0.05, 0.1) is 28.0 Å². The summed E-state index contributed by atoms with van der Waals surface area (Å²) in [5, 5.41) is 11.4. The number of anilines is 1. The first kappa shape index (κ1) is 15.5. The van der Waals surface area contributed by atoms with E-state index in [1.54, 1.807) is 32.1 Å². The molecule has 2 fully saturated rings. The van der Waals surface area contributed by atoms with Crippen molar-refractivity contribution < 1.29 is 19.2 Å². The van der Waals surface area contributed by atoms with Gasteiger partial charge in [0.15, 0.2) is 0 Å². The first-order valence-electron chi connectivity index (χ1n) is 7.40. The Morgan fingerprint density at radius 1 is 1.17 bits per heavy atom. The lowest BCUT2D eigenvalue weighted by molar-refractivity contribution is -0.384. The summed E-state index contributed by atoms with van der Waals surface area (Å²) in [6.45, 7) is 3.54. The molecule has 24 heavy (non-hydrogen) atoms. The van der Waals surface area contributed by atoms with E-state index in [4.69, 9.17) is 4.74 Å². The van der Waals surface area contributed by atoms with E-state index in [0.29, 0.717) is 4.47 Å². The van der Waals surface area contributed by atoms with E-state index in [-0.39, 0.29) is 11.4 Å². The number of halogens is 1. The number of nitro benzene ring substituents is 1. The molecule has 2 bridgehead atoms. The van der Waals surface area contributed by atoms with E-state index in [1.165, 1.54) is 12.1 Å². The number of benzene rings is 1. The molecule has 1 aromatic rings. The zero-order valence-electron chi connectivity index (χ0n) is 12.9. The number of amides is 2. The van der Waals surface area contributed by atoms with Gasteiger partial charge in [0.1, 0.15) is 5.69 Å². The molecule has 0 unspecified atom stereocenters. The number of nitro groups is 1. The summed E-state index contributed by atoms with van der Waals surface area (Å²) >= 11 is 3.18. The lowest BCUT2D eigenvalue weighted by atomic mass is 9.73. The van der Waals surface area contributed by atoms with E-state index < -0.39 is 39.8 Å². The Bertz CT molecular complexity index is 817. The summed E-state index contributed by atoms with van der Waals surface area (Å²) in [6.07, 6.45) is 3.61. The van der Waals surface area contributed by atoms with E-state index in [2.05, 4.69) is 15.9 Å². The Kier molecular flexibility index (Phi) is 2.91. The van der Waals surface area contributed by atoms with Crippen LogP contribution in [0.1, 0.15) is 13.8 Å². The first-order valence-corrected chi connectivity index (χ1v) is 8.19. The molecule has 0 aliphatic carbocycles. The standard InChI is InChI=1S/C16H13BrN2O5/c1-15-5-6-16(2,24-15)12-11(15)13(20)18(14(12)21)9-4-3-8(17)7-10(9)19(22)23/h3-7,11-12H,1-2H3/t11-,12+,15-,16-/m1/s1. The van der Waals surface area contributed by atoms with Gasteiger partial charge in [-0.25, -0.2) is 4.90 Å². The molecule has 8 heteroatoms. The molecule has 0 aromatic heterocycles. The van der Waals surface area contributed by atoms with Crippen molar-refractivity contribution in [2.45, 2.75) is 25.0 Å². The van der Waals surface area contributed by atoms with Gasteiger partial charge in [0.25, 0.3) is 5.69 Å². The Labute approximate surface area is 145 Å². The number of carbonyl (C=O) groups excluding carboxylic acids is 2. The molecule has 124 valence electrons. The van der Waals surface area contributed by atoms with Gasteiger partial charge in [-0.1, -0.05) is 28.1 Å². The van der Waals surface area contributed by atoms with E-state index in [9.17, 15) is 19.7 Å². The predicted octanol–water partition coefficient (Wildman–Crippen LogP) is 2.58. The number of rotatable bonds is 2. The lowest BCUT2D eigenvalue weighted by Gasteiger charge is -2.25. The quantitative estimate of drug-likeness (QED) is 0.334. The van der Waals surface area contributed by atoms with Crippen molar-refractivity contribution in [1.82, 2.24) is 0 Å². The summed E-state index contributed by atoms with van der Waals surface area (Å²) in [5.41, 5.74) is -2.00. The number of carbonyl (C=O) groups is 2. The van der Waals surface area contributed by atoms with E-state index >= 15 is 0 Å². The second kappa shape index (κ2) is 4.52. The minimum Gasteiger partial charge on any atom is -0.359 e. The van der Waals surface area contributed by atoms with Crippen LogP contribution in [0.4, 0.5) is 11.4 Å². The third-order valence-corrected chi connectivity index (χ3v) is 5.59. The predicted molar refractivity (Wildman–Crippen MR) is 87.3 cm³/mol. The second-order valence-electron chi connectivity index (χ2n) is 6.66. The van der Waals surface area contributed by atoms with Crippen LogP contribution in [0.2, 0.25) is 0 Å². The summed E-state index contributed by atoms with van der Waals surface area (Å²) in [4.78, 5) is 37.6. The van der Waals surface area contributed by atoms with Crippen molar-refractivity contribution in [1.29, 1.82) is 0 Å². The third kappa shape index (κ3) is 1.75. The molecule has 1 aromatic carbocycles. The van der Waals surface area contributed by atoms with Gasteiger partial charge in [-0.15, -0.1) is 0 Å². The normalized spacial score (nSPS) is 36.5. The van der Waals surface area contributed by atoms with Crippen LogP contribution < -0.4 is 4.90 Å². The summed E-state index contributed by atoms with van der Waals surface area (Å²) in [7, 11) is 0. The molecular formula is C16H13BrN2O5. The van der Waals surface area contributed by atoms with Gasteiger partial charge in [-0.2, -0.15) is 0 Å². The molecule has 4 atom stereocenters. The van der Waals surface area contributed by atoms with Gasteiger partial charge in [0.2, 0.25) is 11.8 Å². The van der Waals surface area contributed by atoms with Gasteiger partial charge < -0.3 is 4.74 Å². The van der Waals surface area contributed by atoms with Crippen molar-refractivity contribution in [2.24, 2.45) is 11.8 Å². The molecule has 0 N–H and O–H groups in total. The fraction of sp³-hybridized carbons (Fsp3) is 0.375. The van der Waals surface area contributed by atoms with Gasteiger partial charge in [0, 0.05) is 10.5 Å². The highest BCUT2D eigenvalue weighted by molar-refractivity contribution is 9.10. The largest absolute Gasteiger partial charge is 0.359 e. The zero-order chi connectivity index (χ0) is 17.4. The van der Waals surface area contributed by atoms with Gasteiger partial charge >= 0.3 is 0 Å². The highest BCUT2D eigenvalue weighted by Gasteiger charge is 2.70. The van der Waals surface area contributed by atoms with Crippen LogP contribution >= 0.6 is 15.9 Å². The number of ether oxygens (including phenoxy) is 1. The maximum absolute atomic E-state index is 13.0. The summed E-state index contributed by atoms with van der Waals surface area (Å²) in [5.74, 6) is -2.23. The lowest BCUT2D eigenvalue weighted by Crippen LogP contribution is -2.39. The smallest absolute Gasteiger partial charge is 0.294 e. The van der Waals surface area contributed by atoms with Gasteiger partial charge in [-0.05, 0) is 26.0 Å². The van der Waals surface area contributed by atoms with Crippen LogP contribution in [0.3, 0.4) is 0 Å².